The predicted octanol–water partition coefficient (Wildman–Crippen LogP) is -0.799. The minimum Gasteiger partial charge on any atom is -0.384 e. The summed E-state index contributed by atoms with van der Waals surface area (Å²) in [6.45, 7) is -0.250. The van der Waals surface area contributed by atoms with Crippen LogP contribution in [0.3, 0.4) is 0 Å². The molecular weight excluding hydrogens is 248 g/mol. The van der Waals surface area contributed by atoms with Crippen molar-refractivity contribution < 1.29 is 9.90 Å². The van der Waals surface area contributed by atoms with Crippen molar-refractivity contribution in [2.45, 2.75) is 0 Å². The summed E-state index contributed by atoms with van der Waals surface area (Å²) in [7, 11) is 1.59. The SMILES string of the molecule is Cn1nnc(NC(=O)c2cncc(C#CCO)c2)n1. The number of pyridine rings is 1. The summed E-state index contributed by atoms with van der Waals surface area (Å²) in [6.07, 6.45) is 2.90. The van der Waals surface area contributed by atoms with Crippen molar-refractivity contribution in [3.05, 3.63) is 29.6 Å². The molecule has 2 aromatic rings. The highest BCUT2D eigenvalue weighted by atomic mass is 16.2. The first-order valence-corrected chi connectivity index (χ1v) is 5.29. The number of aromatic nitrogens is 5. The van der Waals surface area contributed by atoms with Crippen molar-refractivity contribution in [3.63, 3.8) is 0 Å². The Kier molecular flexibility index (Phi) is 3.80. The topological polar surface area (TPSA) is 106 Å². The van der Waals surface area contributed by atoms with E-state index in [4.69, 9.17) is 5.11 Å². The molecule has 2 aromatic heterocycles. The molecule has 0 radical (unpaired) electrons. The summed E-state index contributed by atoms with van der Waals surface area (Å²) in [5.74, 6) is 4.85. The Labute approximate surface area is 108 Å². The van der Waals surface area contributed by atoms with Gasteiger partial charge in [-0.3, -0.25) is 15.1 Å². The van der Waals surface area contributed by atoms with Gasteiger partial charge in [0.25, 0.3) is 11.9 Å². The number of carbonyl (C=O) groups is 1. The molecule has 0 aromatic carbocycles. The smallest absolute Gasteiger partial charge is 0.270 e. The van der Waals surface area contributed by atoms with Crippen LogP contribution < -0.4 is 5.32 Å². The molecule has 0 fully saturated rings. The number of tetrazole rings is 1. The van der Waals surface area contributed by atoms with Crippen molar-refractivity contribution >= 4 is 11.9 Å². The molecule has 0 aliphatic carbocycles. The number of amides is 1. The molecule has 0 unspecified atom stereocenters. The van der Waals surface area contributed by atoms with Gasteiger partial charge in [0.2, 0.25) is 0 Å². The van der Waals surface area contributed by atoms with Crippen molar-refractivity contribution in [3.8, 4) is 11.8 Å². The minimum absolute atomic E-state index is 0.111. The molecule has 19 heavy (non-hydrogen) atoms. The molecule has 0 aliphatic rings. The van der Waals surface area contributed by atoms with Crippen LogP contribution in [0.4, 0.5) is 5.95 Å². The second-order valence-corrected chi connectivity index (χ2v) is 3.48. The molecule has 0 saturated carbocycles. The first-order chi connectivity index (χ1) is 9.19. The molecule has 0 atom stereocenters. The summed E-state index contributed by atoms with van der Waals surface area (Å²) >= 11 is 0. The third kappa shape index (κ3) is 3.34. The Hall–Kier alpha value is -2.79. The number of anilines is 1. The molecule has 2 N–H and O–H groups in total. The molecule has 0 saturated heterocycles. The Morgan fingerprint density at radius 1 is 1.53 bits per heavy atom. The maximum atomic E-state index is 11.9. The van der Waals surface area contributed by atoms with E-state index < -0.39 is 5.91 Å². The van der Waals surface area contributed by atoms with Gasteiger partial charge in [0.1, 0.15) is 6.61 Å². The van der Waals surface area contributed by atoms with Crippen LogP contribution in [0, 0.1) is 11.8 Å². The molecule has 0 bridgehead atoms. The number of hydrogen-bond acceptors (Lipinski definition) is 6. The molecule has 0 spiro atoms. The summed E-state index contributed by atoms with van der Waals surface area (Å²) in [6, 6.07) is 1.56. The second kappa shape index (κ2) is 5.70. The molecule has 0 aliphatic heterocycles. The van der Waals surface area contributed by atoms with Crippen molar-refractivity contribution in [2.24, 2.45) is 7.05 Å². The van der Waals surface area contributed by atoms with E-state index in [1.54, 1.807) is 13.1 Å². The summed E-state index contributed by atoms with van der Waals surface area (Å²) in [5.41, 5.74) is 0.853. The van der Waals surface area contributed by atoms with E-state index in [9.17, 15) is 4.79 Å². The quantitative estimate of drug-likeness (QED) is 0.683. The lowest BCUT2D eigenvalue weighted by Gasteiger charge is -2.00. The molecule has 8 nitrogen and oxygen atoms in total. The number of nitrogens with zero attached hydrogens (tertiary/aromatic N) is 5. The van der Waals surface area contributed by atoms with Gasteiger partial charge in [0.05, 0.1) is 12.6 Å². The number of aryl methyl sites for hydroxylation is 1. The zero-order valence-corrected chi connectivity index (χ0v) is 10.0. The number of hydrogen-bond donors (Lipinski definition) is 2. The number of aliphatic hydroxyl groups excluding tert-OH is 1. The van der Waals surface area contributed by atoms with E-state index in [2.05, 4.69) is 37.6 Å². The maximum Gasteiger partial charge on any atom is 0.270 e. The van der Waals surface area contributed by atoms with Gasteiger partial charge in [-0.2, -0.15) is 4.80 Å². The molecule has 1 amide bonds. The lowest BCUT2D eigenvalue weighted by atomic mass is 10.2. The van der Waals surface area contributed by atoms with Gasteiger partial charge in [-0.15, -0.1) is 5.10 Å². The Bertz CT molecular complexity index is 654. The summed E-state index contributed by atoms with van der Waals surface area (Å²) in [5, 5.41) is 22.2. The highest BCUT2D eigenvalue weighted by Gasteiger charge is 2.09. The molecule has 2 heterocycles. The van der Waals surface area contributed by atoms with Crippen LogP contribution in [0.2, 0.25) is 0 Å². The van der Waals surface area contributed by atoms with Crippen LogP contribution >= 0.6 is 0 Å². The van der Waals surface area contributed by atoms with Crippen LogP contribution in [0.5, 0.6) is 0 Å². The minimum atomic E-state index is -0.409. The van der Waals surface area contributed by atoms with Gasteiger partial charge in [-0.25, -0.2) is 0 Å². The van der Waals surface area contributed by atoms with Crippen LogP contribution in [0.15, 0.2) is 18.5 Å². The van der Waals surface area contributed by atoms with E-state index >= 15 is 0 Å². The number of carbonyl (C=O) groups excluding carboxylic acids is 1. The number of nitrogens with one attached hydrogen (secondary N) is 1. The van der Waals surface area contributed by atoms with E-state index in [1.165, 1.54) is 17.2 Å². The number of rotatable bonds is 2. The standard InChI is InChI=1S/C11H10N6O2/c1-17-15-11(14-16-17)13-10(19)9-5-8(3-2-4-18)6-12-7-9/h5-7,18H,4H2,1H3,(H,13,15,19). The highest BCUT2D eigenvalue weighted by molar-refractivity contribution is 6.03. The fourth-order valence-electron chi connectivity index (χ4n) is 1.28. The maximum absolute atomic E-state index is 11.9. The second-order valence-electron chi connectivity index (χ2n) is 3.48. The van der Waals surface area contributed by atoms with Crippen molar-refractivity contribution in [2.75, 3.05) is 11.9 Å². The predicted molar refractivity (Wildman–Crippen MR) is 65.0 cm³/mol. The van der Waals surface area contributed by atoms with Gasteiger partial charge in [0.15, 0.2) is 0 Å². The normalized spacial score (nSPS) is 9.58. The van der Waals surface area contributed by atoms with Gasteiger partial charge in [-0.1, -0.05) is 16.9 Å². The molecule has 2 rings (SSSR count). The Morgan fingerprint density at radius 2 is 2.37 bits per heavy atom. The first kappa shape index (κ1) is 12.7. The Morgan fingerprint density at radius 3 is 3.05 bits per heavy atom. The lowest BCUT2D eigenvalue weighted by Crippen LogP contribution is -2.13. The van der Waals surface area contributed by atoms with Gasteiger partial charge < -0.3 is 5.11 Å². The third-order valence-corrected chi connectivity index (χ3v) is 2.05. The average molecular weight is 258 g/mol. The molecule has 96 valence electrons. The zero-order valence-electron chi connectivity index (χ0n) is 10.0. The van der Waals surface area contributed by atoms with Gasteiger partial charge in [-0.05, 0) is 11.3 Å². The van der Waals surface area contributed by atoms with E-state index in [0.29, 0.717) is 11.1 Å². The Balaban J connectivity index is 2.15. The van der Waals surface area contributed by atoms with Gasteiger partial charge >= 0.3 is 0 Å². The third-order valence-electron chi connectivity index (χ3n) is 2.05. The zero-order chi connectivity index (χ0) is 13.7. The highest BCUT2D eigenvalue weighted by Crippen LogP contribution is 2.04. The van der Waals surface area contributed by atoms with Crippen LogP contribution in [-0.4, -0.2) is 42.8 Å². The average Bonchev–Trinajstić information content (AvgIpc) is 2.82. The monoisotopic (exact) mass is 258 g/mol. The molecule has 8 heteroatoms. The van der Waals surface area contributed by atoms with E-state index in [-0.39, 0.29) is 12.6 Å². The fourth-order valence-corrected chi connectivity index (χ4v) is 1.28. The first-order valence-electron chi connectivity index (χ1n) is 5.29. The fraction of sp³-hybridized carbons (Fsp3) is 0.182. The largest absolute Gasteiger partial charge is 0.384 e. The van der Waals surface area contributed by atoms with Crippen LogP contribution in [0.1, 0.15) is 15.9 Å². The van der Waals surface area contributed by atoms with E-state index in [0.717, 1.165) is 0 Å². The van der Waals surface area contributed by atoms with E-state index in [1.807, 2.05) is 0 Å². The van der Waals surface area contributed by atoms with Crippen LogP contribution in [-0.2, 0) is 7.05 Å². The van der Waals surface area contributed by atoms with Crippen molar-refractivity contribution in [1.82, 2.24) is 25.2 Å². The molecular formula is C11H10N6O2. The summed E-state index contributed by atoms with van der Waals surface area (Å²) in [4.78, 5) is 17.0. The van der Waals surface area contributed by atoms with Crippen molar-refractivity contribution in [1.29, 1.82) is 0 Å². The van der Waals surface area contributed by atoms with Gasteiger partial charge in [0, 0.05) is 18.0 Å². The number of aliphatic hydroxyl groups is 1. The van der Waals surface area contributed by atoms with Crippen LogP contribution in [0.25, 0.3) is 0 Å². The lowest BCUT2D eigenvalue weighted by molar-refractivity contribution is 0.102. The summed E-state index contributed by atoms with van der Waals surface area (Å²) < 4.78 is 0.